The molecule has 0 radical (unpaired) electrons. The van der Waals surface area contributed by atoms with Gasteiger partial charge in [0.2, 0.25) is 5.89 Å². The van der Waals surface area contributed by atoms with Crippen molar-refractivity contribution in [2.45, 2.75) is 6.61 Å². The topological polar surface area (TPSA) is 71.9 Å². The van der Waals surface area contributed by atoms with Crippen LogP contribution in [0, 0.1) is 11.3 Å². The smallest absolute Gasteiger partial charge is 0.254 e. The Labute approximate surface area is 121 Å². The van der Waals surface area contributed by atoms with Crippen LogP contribution in [0.4, 0.5) is 0 Å². The molecule has 0 amide bonds. The van der Waals surface area contributed by atoms with E-state index in [0.29, 0.717) is 23.1 Å². The van der Waals surface area contributed by atoms with E-state index >= 15 is 0 Å². The molecule has 0 saturated heterocycles. The molecule has 0 N–H and O–H groups in total. The summed E-state index contributed by atoms with van der Waals surface area (Å²) in [6.07, 6.45) is 0. The fourth-order valence-corrected chi connectivity index (χ4v) is 1.78. The van der Waals surface area contributed by atoms with Crippen molar-refractivity contribution < 1.29 is 9.15 Å². The van der Waals surface area contributed by atoms with Gasteiger partial charge in [-0.2, -0.15) is 5.26 Å². The second-order valence-electron chi connectivity index (χ2n) is 4.29. The van der Waals surface area contributed by atoms with E-state index in [2.05, 4.69) is 16.3 Å². The van der Waals surface area contributed by atoms with Crippen LogP contribution < -0.4 is 4.74 Å². The van der Waals surface area contributed by atoms with Crippen LogP contribution in [-0.2, 0) is 6.61 Å². The molecule has 0 aliphatic heterocycles. The van der Waals surface area contributed by atoms with Gasteiger partial charge in [0, 0.05) is 5.56 Å². The predicted molar refractivity (Wildman–Crippen MR) is 75.2 cm³/mol. The van der Waals surface area contributed by atoms with Gasteiger partial charge in [0.05, 0.1) is 11.6 Å². The first-order valence-electron chi connectivity index (χ1n) is 6.36. The monoisotopic (exact) mass is 277 g/mol. The molecule has 5 nitrogen and oxygen atoms in total. The van der Waals surface area contributed by atoms with Crippen molar-refractivity contribution in [3.63, 3.8) is 0 Å². The van der Waals surface area contributed by atoms with Crippen LogP contribution in [0.2, 0.25) is 0 Å². The number of ether oxygens (including phenoxy) is 1. The standard InChI is InChI=1S/C16H11N3O2/c17-10-12-6-8-14(9-7-12)20-11-15-18-19-16(21-15)13-4-2-1-3-5-13/h1-9H,11H2. The van der Waals surface area contributed by atoms with E-state index < -0.39 is 0 Å². The van der Waals surface area contributed by atoms with E-state index in [1.165, 1.54) is 0 Å². The van der Waals surface area contributed by atoms with Gasteiger partial charge in [-0.3, -0.25) is 0 Å². The normalized spacial score (nSPS) is 10.0. The molecule has 0 saturated carbocycles. The molecule has 0 atom stereocenters. The molecule has 1 aromatic heterocycles. The average Bonchev–Trinajstić information content (AvgIpc) is 3.03. The Morgan fingerprint density at radius 2 is 1.76 bits per heavy atom. The molecular weight excluding hydrogens is 266 g/mol. The quantitative estimate of drug-likeness (QED) is 0.732. The Bertz CT molecular complexity index is 758. The minimum absolute atomic E-state index is 0.186. The molecule has 102 valence electrons. The molecule has 1 heterocycles. The number of benzene rings is 2. The van der Waals surface area contributed by atoms with Crippen LogP contribution >= 0.6 is 0 Å². The van der Waals surface area contributed by atoms with Crippen molar-refractivity contribution in [1.82, 2.24) is 10.2 Å². The van der Waals surface area contributed by atoms with Crippen molar-refractivity contribution in [2.24, 2.45) is 0 Å². The largest absolute Gasteiger partial charge is 0.484 e. The van der Waals surface area contributed by atoms with Crippen molar-refractivity contribution in [3.8, 4) is 23.3 Å². The van der Waals surface area contributed by atoms with E-state index in [1.807, 2.05) is 30.3 Å². The minimum atomic E-state index is 0.186. The fraction of sp³-hybridized carbons (Fsp3) is 0.0625. The van der Waals surface area contributed by atoms with Gasteiger partial charge >= 0.3 is 0 Å². The first-order valence-corrected chi connectivity index (χ1v) is 6.36. The number of aromatic nitrogens is 2. The zero-order valence-electron chi connectivity index (χ0n) is 11.1. The Hall–Kier alpha value is -3.13. The highest BCUT2D eigenvalue weighted by Crippen LogP contribution is 2.18. The first kappa shape index (κ1) is 12.9. The summed E-state index contributed by atoms with van der Waals surface area (Å²) in [7, 11) is 0. The first-order chi connectivity index (χ1) is 10.3. The summed E-state index contributed by atoms with van der Waals surface area (Å²) >= 11 is 0. The Balaban J connectivity index is 1.66. The highest BCUT2D eigenvalue weighted by atomic mass is 16.5. The maximum Gasteiger partial charge on any atom is 0.254 e. The van der Waals surface area contributed by atoms with Crippen LogP contribution in [0.25, 0.3) is 11.5 Å². The van der Waals surface area contributed by atoms with Crippen molar-refractivity contribution >= 4 is 0 Å². The molecule has 0 bridgehead atoms. The van der Waals surface area contributed by atoms with Crippen LogP contribution in [0.5, 0.6) is 5.75 Å². The van der Waals surface area contributed by atoms with Gasteiger partial charge < -0.3 is 9.15 Å². The maximum absolute atomic E-state index is 8.72. The van der Waals surface area contributed by atoms with Crippen molar-refractivity contribution in [1.29, 1.82) is 5.26 Å². The van der Waals surface area contributed by atoms with Gasteiger partial charge in [-0.1, -0.05) is 18.2 Å². The summed E-state index contributed by atoms with van der Waals surface area (Å²) in [5, 5.41) is 16.7. The molecule has 2 aromatic carbocycles. The van der Waals surface area contributed by atoms with E-state index in [-0.39, 0.29) is 6.61 Å². The number of nitrogens with zero attached hydrogens (tertiary/aromatic N) is 3. The molecule has 5 heteroatoms. The Kier molecular flexibility index (Phi) is 3.61. The molecule has 0 unspecified atom stereocenters. The minimum Gasteiger partial charge on any atom is -0.484 e. The van der Waals surface area contributed by atoms with E-state index in [1.54, 1.807) is 24.3 Å². The van der Waals surface area contributed by atoms with Crippen LogP contribution in [0.1, 0.15) is 11.5 Å². The molecule has 0 aliphatic rings. The number of nitriles is 1. The second kappa shape index (κ2) is 5.88. The maximum atomic E-state index is 8.72. The van der Waals surface area contributed by atoms with Crippen LogP contribution in [-0.4, -0.2) is 10.2 Å². The number of rotatable bonds is 4. The number of hydrogen-bond acceptors (Lipinski definition) is 5. The third-order valence-corrected chi connectivity index (χ3v) is 2.83. The summed E-state index contributed by atoms with van der Waals surface area (Å²) in [6.45, 7) is 0.186. The van der Waals surface area contributed by atoms with Crippen LogP contribution in [0.15, 0.2) is 59.0 Å². The predicted octanol–water partition coefficient (Wildman–Crippen LogP) is 3.19. The van der Waals surface area contributed by atoms with E-state index in [9.17, 15) is 0 Å². The van der Waals surface area contributed by atoms with Gasteiger partial charge in [0.25, 0.3) is 5.89 Å². The molecule has 0 fully saturated rings. The summed E-state index contributed by atoms with van der Waals surface area (Å²) in [5.74, 6) is 1.51. The third kappa shape index (κ3) is 3.07. The summed E-state index contributed by atoms with van der Waals surface area (Å²) in [4.78, 5) is 0. The summed E-state index contributed by atoms with van der Waals surface area (Å²) < 4.78 is 11.1. The zero-order valence-corrected chi connectivity index (χ0v) is 11.1. The SMILES string of the molecule is N#Cc1ccc(OCc2nnc(-c3ccccc3)o2)cc1. The molecular formula is C16H11N3O2. The summed E-state index contributed by atoms with van der Waals surface area (Å²) in [5.41, 5.74) is 1.46. The molecule has 0 spiro atoms. The lowest BCUT2D eigenvalue weighted by Crippen LogP contribution is -1.95. The van der Waals surface area contributed by atoms with Gasteiger partial charge in [0.1, 0.15) is 5.75 Å². The van der Waals surface area contributed by atoms with E-state index in [4.69, 9.17) is 14.4 Å². The van der Waals surface area contributed by atoms with Gasteiger partial charge in [-0.05, 0) is 36.4 Å². The number of hydrogen-bond donors (Lipinski definition) is 0. The lowest BCUT2D eigenvalue weighted by atomic mass is 10.2. The van der Waals surface area contributed by atoms with E-state index in [0.717, 1.165) is 5.56 Å². The lowest BCUT2D eigenvalue weighted by Gasteiger charge is -2.02. The molecule has 21 heavy (non-hydrogen) atoms. The highest BCUT2D eigenvalue weighted by Gasteiger charge is 2.08. The van der Waals surface area contributed by atoms with Crippen molar-refractivity contribution in [3.05, 3.63) is 66.1 Å². The highest BCUT2D eigenvalue weighted by molar-refractivity contribution is 5.51. The average molecular weight is 277 g/mol. The molecule has 3 aromatic rings. The second-order valence-corrected chi connectivity index (χ2v) is 4.29. The zero-order chi connectivity index (χ0) is 14.5. The molecule has 3 rings (SSSR count). The van der Waals surface area contributed by atoms with Crippen LogP contribution in [0.3, 0.4) is 0 Å². The summed E-state index contributed by atoms with van der Waals surface area (Å²) in [6, 6.07) is 18.4. The van der Waals surface area contributed by atoms with Gasteiger partial charge in [0.15, 0.2) is 6.61 Å². The Morgan fingerprint density at radius 3 is 2.48 bits per heavy atom. The van der Waals surface area contributed by atoms with Crippen molar-refractivity contribution in [2.75, 3.05) is 0 Å². The van der Waals surface area contributed by atoms with Gasteiger partial charge in [-0.15, -0.1) is 10.2 Å². The lowest BCUT2D eigenvalue weighted by molar-refractivity contribution is 0.264. The third-order valence-electron chi connectivity index (χ3n) is 2.83. The van der Waals surface area contributed by atoms with Gasteiger partial charge in [-0.25, -0.2) is 0 Å². The Morgan fingerprint density at radius 1 is 1.00 bits per heavy atom. The fourth-order valence-electron chi connectivity index (χ4n) is 1.78. The molecule has 0 aliphatic carbocycles.